The van der Waals surface area contributed by atoms with Crippen LogP contribution in [0.4, 0.5) is 17.1 Å². The molecule has 0 fully saturated rings. The Hall–Kier alpha value is -7.44. The molecule has 0 saturated carbocycles. The van der Waals surface area contributed by atoms with Crippen molar-refractivity contribution in [3.05, 3.63) is 224 Å². The highest BCUT2D eigenvalue weighted by molar-refractivity contribution is 7.22. The molecular formula is C56H37N3S2. The first-order valence-electron chi connectivity index (χ1n) is 20.4. The molecule has 11 rings (SSSR count). The fourth-order valence-electron chi connectivity index (χ4n) is 7.95. The summed E-state index contributed by atoms with van der Waals surface area (Å²) in [6, 6.07) is 80.0. The molecule has 61 heavy (non-hydrogen) atoms. The summed E-state index contributed by atoms with van der Waals surface area (Å²) in [5.41, 5.74) is 12.9. The average molecular weight is 816 g/mol. The second kappa shape index (κ2) is 16.0. The van der Waals surface area contributed by atoms with E-state index in [9.17, 15) is 0 Å². The van der Waals surface area contributed by atoms with Gasteiger partial charge < -0.3 is 4.90 Å². The number of benzene rings is 8. The standard InChI is InChI=1S/C56H37N3S2/c1-3-11-40(12-4-1)50-37-51(58-56(57-50)44-13-5-2-6-14-44)41-21-19-38(20-22-41)39-23-29-47(30-24-39)59(48-31-25-42(26-32-48)54-35-45-15-7-9-17-52(45)60-54)49-33-27-43(28-34-49)55-36-46-16-8-10-18-53(46)61-55/h1-37H. The molecule has 3 heterocycles. The number of anilines is 3. The molecule has 0 atom stereocenters. The van der Waals surface area contributed by atoms with E-state index in [4.69, 9.17) is 9.97 Å². The molecule has 11 aromatic rings. The Morgan fingerprint density at radius 3 is 1.11 bits per heavy atom. The van der Waals surface area contributed by atoms with Gasteiger partial charge in [0.25, 0.3) is 0 Å². The summed E-state index contributed by atoms with van der Waals surface area (Å²) in [7, 11) is 0. The van der Waals surface area contributed by atoms with Gasteiger partial charge >= 0.3 is 0 Å². The zero-order valence-electron chi connectivity index (χ0n) is 33.0. The van der Waals surface area contributed by atoms with Crippen molar-refractivity contribution in [1.82, 2.24) is 9.97 Å². The molecule has 3 aromatic heterocycles. The van der Waals surface area contributed by atoms with Crippen LogP contribution in [0.1, 0.15) is 0 Å². The van der Waals surface area contributed by atoms with Crippen LogP contribution in [0.5, 0.6) is 0 Å². The molecule has 3 nitrogen and oxygen atoms in total. The number of fused-ring (bicyclic) bond motifs is 2. The Kier molecular flexibility index (Phi) is 9.58. The fraction of sp³-hybridized carbons (Fsp3) is 0. The molecule has 0 bridgehead atoms. The van der Waals surface area contributed by atoms with Crippen LogP contribution in [-0.2, 0) is 0 Å². The predicted molar refractivity (Wildman–Crippen MR) is 260 cm³/mol. The first kappa shape index (κ1) is 36.6. The van der Waals surface area contributed by atoms with Crippen LogP contribution in [0.2, 0.25) is 0 Å². The third kappa shape index (κ3) is 7.42. The molecular weight excluding hydrogens is 779 g/mol. The van der Waals surface area contributed by atoms with E-state index >= 15 is 0 Å². The maximum absolute atomic E-state index is 5.04. The van der Waals surface area contributed by atoms with Crippen molar-refractivity contribution < 1.29 is 0 Å². The fourth-order valence-corrected chi connectivity index (χ4v) is 10.1. The van der Waals surface area contributed by atoms with Gasteiger partial charge in [-0.3, -0.25) is 0 Å². The summed E-state index contributed by atoms with van der Waals surface area (Å²) in [6.07, 6.45) is 0. The summed E-state index contributed by atoms with van der Waals surface area (Å²) >= 11 is 3.67. The number of thiophene rings is 2. The number of hydrogen-bond donors (Lipinski definition) is 0. The van der Waals surface area contributed by atoms with E-state index < -0.39 is 0 Å². The van der Waals surface area contributed by atoms with Gasteiger partial charge in [-0.2, -0.15) is 0 Å². The topological polar surface area (TPSA) is 29.0 Å². The van der Waals surface area contributed by atoms with E-state index in [0.717, 1.165) is 56.3 Å². The molecule has 0 aliphatic rings. The van der Waals surface area contributed by atoms with Crippen LogP contribution in [-0.4, -0.2) is 9.97 Å². The van der Waals surface area contributed by atoms with Gasteiger partial charge in [0.15, 0.2) is 5.82 Å². The van der Waals surface area contributed by atoms with Gasteiger partial charge in [-0.1, -0.05) is 158 Å². The van der Waals surface area contributed by atoms with Gasteiger partial charge in [0.05, 0.1) is 11.4 Å². The zero-order chi connectivity index (χ0) is 40.5. The van der Waals surface area contributed by atoms with Crippen LogP contribution in [0, 0.1) is 0 Å². The monoisotopic (exact) mass is 815 g/mol. The predicted octanol–water partition coefficient (Wildman–Crippen LogP) is 16.4. The lowest BCUT2D eigenvalue weighted by Gasteiger charge is -2.26. The quantitative estimate of drug-likeness (QED) is 0.145. The van der Waals surface area contributed by atoms with E-state index in [1.54, 1.807) is 0 Å². The van der Waals surface area contributed by atoms with Gasteiger partial charge in [-0.05, 0) is 99.8 Å². The van der Waals surface area contributed by atoms with Crippen LogP contribution in [0.3, 0.4) is 0 Å². The van der Waals surface area contributed by atoms with Crippen molar-refractivity contribution in [2.24, 2.45) is 0 Å². The van der Waals surface area contributed by atoms with Gasteiger partial charge in [0, 0.05) is 52.9 Å². The maximum atomic E-state index is 5.04. The number of hydrogen-bond acceptors (Lipinski definition) is 5. The smallest absolute Gasteiger partial charge is 0.160 e. The highest BCUT2D eigenvalue weighted by atomic mass is 32.1. The first-order valence-corrected chi connectivity index (χ1v) is 22.0. The minimum absolute atomic E-state index is 0.714. The molecule has 0 unspecified atom stereocenters. The Morgan fingerprint density at radius 2 is 0.656 bits per heavy atom. The van der Waals surface area contributed by atoms with E-state index in [1.807, 2.05) is 59.1 Å². The third-order valence-electron chi connectivity index (χ3n) is 11.1. The van der Waals surface area contributed by atoms with E-state index in [-0.39, 0.29) is 0 Å². The Morgan fingerprint density at radius 1 is 0.295 bits per heavy atom. The SMILES string of the molecule is c1ccc(-c2cc(-c3ccc(-c4ccc(N(c5ccc(-c6cc7ccccc7s6)cc5)c5ccc(-c6cc7ccccc7s6)cc5)cc4)cc3)nc(-c3ccccc3)n2)cc1. The summed E-state index contributed by atoms with van der Waals surface area (Å²) in [4.78, 5) is 14.9. The second-order valence-electron chi connectivity index (χ2n) is 15.0. The molecule has 0 aliphatic carbocycles. The normalized spacial score (nSPS) is 11.3. The lowest BCUT2D eigenvalue weighted by molar-refractivity contribution is 1.18. The van der Waals surface area contributed by atoms with Gasteiger partial charge in [0.1, 0.15) is 0 Å². The molecule has 0 radical (unpaired) electrons. The molecule has 8 aromatic carbocycles. The van der Waals surface area contributed by atoms with Gasteiger partial charge in [-0.25, -0.2) is 9.97 Å². The lowest BCUT2D eigenvalue weighted by atomic mass is 10.0. The van der Waals surface area contributed by atoms with Crippen molar-refractivity contribution in [3.8, 4) is 65.9 Å². The van der Waals surface area contributed by atoms with E-state index in [0.29, 0.717) is 5.82 Å². The molecule has 5 heteroatoms. The Balaban J connectivity index is 0.914. The zero-order valence-corrected chi connectivity index (χ0v) is 34.7. The molecule has 0 amide bonds. The summed E-state index contributed by atoms with van der Waals surface area (Å²) in [6.45, 7) is 0. The van der Waals surface area contributed by atoms with Crippen LogP contribution in [0.25, 0.3) is 86.1 Å². The maximum Gasteiger partial charge on any atom is 0.160 e. The van der Waals surface area contributed by atoms with E-state index in [1.165, 1.54) is 41.1 Å². The van der Waals surface area contributed by atoms with Crippen LogP contribution < -0.4 is 4.90 Å². The van der Waals surface area contributed by atoms with Crippen LogP contribution >= 0.6 is 22.7 Å². The van der Waals surface area contributed by atoms with Crippen molar-refractivity contribution in [3.63, 3.8) is 0 Å². The van der Waals surface area contributed by atoms with Gasteiger partial charge in [-0.15, -0.1) is 22.7 Å². The van der Waals surface area contributed by atoms with Crippen molar-refractivity contribution in [1.29, 1.82) is 0 Å². The molecule has 0 saturated heterocycles. The van der Waals surface area contributed by atoms with E-state index in [2.05, 4.69) is 193 Å². The third-order valence-corrected chi connectivity index (χ3v) is 13.5. The molecule has 288 valence electrons. The molecule has 0 N–H and O–H groups in total. The molecule has 0 aliphatic heterocycles. The number of nitrogens with zero attached hydrogens (tertiary/aromatic N) is 3. The number of aromatic nitrogens is 2. The lowest BCUT2D eigenvalue weighted by Crippen LogP contribution is -2.09. The highest BCUT2D eigenvalue weighted by Gasteiger charge is 2.16. The average Bonchev–Trinajstić information content (AvgIpc) is 3.98. The summed E-state index contributed by atoms with van der Waals surface area (Å²) in [5.74, 6) is 0.714. The Bertz CT molecular complexity index is 3020. The summed E-state index contributed by atoms with van der Waals surface area (Å²) < 4.78 is 2.61. The van der Waals surface area contributed by atoms with Crippen molar-refractivity contribution in [2.75, 3.05) is 4.90 Å². The summed E-state index contributed by atoms with van der Waals surface area (Å²) in [5, 5.41) is 2.56. The highest BCUT2D eigenvalue weighted by Crippen LogP contribution is 2.41. The first-order chi connectivity index (χ1) is 30.2. The minimum atomic E-state index is 0.714. The minimum Gasteiger partial charge on any atom is -0.311 e. The van der Waals surface area contributed by atoms with Crippen LogP contribution in [0.15, 0.2) is 224 Å². The van der Waals surface area contributed by atoms with Crippen molar-refractivity contribution >= 4 is 59.9 Å². The largest absolute Gasteiger partial charge is 0.311 e. The van der Waals surface area contributed by atoms with Gasteiger partial charge in [0.2, 0.25) is 0 Å². The number of rotatable bonds is 9. The molecule has 0 spiro atoms. The second-order valence-corrected chi connectivity index (χ2v) is 17.2. The van der Waals surface area contributed by atoms with Crippen molar-refractivity contribution in [2.45, 2.75) is 0 Å². The Labute approximate surface area is 363 Å².